The van der Waals surface area contributed by atoms with Gasteiger partial charge in [-0.3, -0.25) is 4.98 Å². The third-order valence-electron chi connectivity index (χ3n) is 2.24. The zero-order chi connectivity index (χ0) is 11.1. The Balaban J connectivity index is 0.00000225. The van der Waals surface area contributed by atoms with Crippen LogP contribution >= 0.6 is 24.0 Å². The van der Waals surface area contributed by atoms with Gasteiger partial charge >= 0.3 is 0 Å². The van der Waals surface area contributed by atoms with Gasteiger partial charge in [0.2, 0.25) is 6.29 Å². The molecular formula is C11H17Cl2NO2. The second-order valence-electron chi connectivity index (χ2n) is 3.23. The molecule has 0 aliphatic carbocycles. The Morgan fingerprint density at radius 2 is 2.00 bits per heavy atom. The minimum atomic E-state index is -0.296. The summed E-state index contributed by atoms with van der Waals surface area (Å²) in [6.07, 6.45) is 4.00. The molecule has 0 aliphatic heterocycles. The molecule has 0 spiro atoms. The van der Waals surface area contributed by atoms with Gasteiger partial charge in [0.05, 0.1) is 0 Å². The van der Waals surface area contributed by atoms with Gasteiger partial charge < -0.3 is 9.47 Å². The Labute approximate surface area is 108 Å². The van der Waals surface area contributed by atoms with Crippen molar-refractivity contribution in [2.24, 2.45) is 5.92 Å². The molecule has 0 saturated heterocycles. The highest BCUT2D eigenvalue weighted by molar-refractivity contribution is 6.18. The SMILES string of the molecule is CCC(CCl)C(OC)Oc1ccncc1.Cl. The zero-order valence-corrected chi connectivity index (χ0v) is 11.0. The highest BCUT2D eigenvalue weighted by Gasteiger charge is 2.20. The van der Waals surface area contributed by atoms with E-state index in [9.17, 15) is 0 Å². The van der Waals surface area contributed by atoms with Crippen molar-refractivity contribution in [3.05, 3.63) is 24.5 Å². The van der Waals surface area contributed by atoms with E-state index in [0.29, 0.717) is 5.88 Å². The van der Waals surface area contributed by atoms with Crippen molar-refractivity contribution in [3.8, 4) is 5.75 Å². The van der Waals surface area contributed by atoms with Crippen LogP contribution in [0.4, 0.5) is 0 Å². The highest BCUT2D eigenvalue weighted by Crippen LogP contribution is 2.18. The number of halogens is 2. The van der Waals surface area contributed by atoms with Crippen molar-refractivity contribution in [2.45, 2.75) is 19.6 Å². The molecule has 0 fully saturated rings. The fourth-order valence-electron chi connectivity index (χ4n) is 1.26. The molecule has 2 atom stereocenters. The summed E-state index contributed by atoms with van der Waals surface area (Å²) in [5.74, 6) is 1.48. The molecule has 0 N–H and O–H groups in total. The second-order valence-corrected chi connectivity index (χ2v) is 3.54. The van der Waals surface area contributed by atoms with E-state index in [1.54, 1.807) is 31.6 Å². The summed E-state index contributed by atoms with van der Waals surface area (Å²) >= 11 is 5.84. The summed E-state index contributed by atoms with van der Waals surface area (Å²) in [5.41, 5.74) is 0. The largest absolute Gasteiger partial charge is 0.465 e. The summed E-state index contributed by atoms with van der Waals surface area (Å²) in [4.78, 5) is 3.92. The van der Waals surface area contributed by atoms with Crippen LogP contribution in [0.15, 0.2) is 24.5 Å². The fraction of sp³-hybridized carbons (Fsp3) is 0.545. The van der Waals surface area contributed by atoms with Crippen molar-refractivity contribution in [3.63, 3.8) is 0 Å². The van der Waals surface area contributed by atoms with Crippen LogP contribution in [-0.2, 0) is 4.74 Å². The summed E-state index contributed by atoms with van der Waals surface area (Å²) in [5, 5.41) is 0. The Bertz CT molecular complexity index is 268. The molecule has 1 aromatic rings. The highest BCUT2D eigenvalue weighted by atomic mass is 35.5. The Morgan fingerprint density at radius 1 is 1.38 bits per heavy atom. The molecule has 0 saturated carbocycles. The van der Waals surface area contributed by atoms with E-state index in [-0.39, 0.29) is 24.6 Å². The lowest BCUT2D eigenvalue weighted by Gasteiger charge is -2.23. The maximum atomic E-state index is 5.84. The van der Waals surface area contributed by atoms with E-state index in [2.05, 4.69) is 11.9 Å². The monoisotopic (exact) mass is 265 g/mol. The Kier molecular flexibility index (Phi) is 8.35. The number of methoxy groups -OCH3 is 1. The number of ether oxygens (including phenoxy) is 2. The first kappa shape index (κ1) is 15.5. The van der Waals surface area contributed by atoms with Crippen LogP contribution in [-0.4, -0.2) is 24.3 Å². The first-order valence-electron chi connectivity index (χ1n) is 4.97. The van der Waals surface area contributed by atoms with E-state index < -0.39 is 0 Å². The molecule has 0 amide bonds. The third-order valence-corrected chi connectivity index (χ3v) is 2.64. The van der Waals surface area contributed by atoms with Gasteiger partial charge in [-0.05, 0) is 18.6 Å². The van der Waals surface area contributed by atoms with Gasteiger partial charge in [0.1, 0.15) is 5.75 Å². The number of alkyl halides is 1. The molecule has 16 heavy (non-hydrogen) atoms. The molecule has 1 rings (SSSR count). The maximum absolute atomic E-state index is 5.84. The van der Waals surface area contributed by atoms with Crippen LogP contribution in [0.5, 0.6) is 5.75 Å². The Morgan fingerprint density at radius 3 is 2.44 bits per heavy atom. The van der Waals surface area contributed by atoms with Gasteiger partial charge in [0.15, 0.2) is 0 Å². The second kappa shape index (κ2) is 8.62. The number of rotatable bonds is 6. The van der Waals surface area contributed by atoms with Gasteiger partial charge in [-0.1, -0.05) is 6.92 Å². The number of aromatic nitrogens is 1. The number of nitrogens with zero attached hydrogens (tertiary/aromatic N) is 1. The van der Waals surface area contributed by atoms with Gasteiger partial charge in [-0.15, -0.1) is 24.0 Å². The molecule has 0 bridgehead atoms. The van der Waals surface area contributed by atoms with Crippen LogP contribution < -0.4 is 4.74 Å². The van der Waals surface area contributed by atoms with Crippen LogP contribution in [0, 0.1) is 5.92 Å². The summed E-state index contributed by atoms with van der Waals surface area (Å²) in [7, 11) is 1.63. The van der Waals surface area contributed by atoms with Crippen LogP contribution in [0.3, 0.4) is 0 Å². The lowest BCUT2D eigenvalue weighted by molar-refractivity contribution is -0.0878. The topological polar surface area (TPSA) is 31.4 Å². The summed E-state index contributed by atoms with van der Waals surface area (Å²) in [6, 6.07) is 3.60. The predicted octanol–water partition coefficient (Wildman–Crippen LogP) is 3.12. The van der Waals surface area contributed by atoms with Crippen molar-refractivity contribution in [1.29, 1.82) is 0 Å². The molecule has 1 aromatic heterocycles. The van der Waals surface area contributed by atoms with E-state index in [0.717, 1.165) is 12.2 Å². The van der Waals surface area contributed by atoms with Crippen LogP contribution in [0.1, 0.15) is 13.3 Å². The number of hydrogen-bond acceptors (Lipinski definition) is 3. The quantitative estimate of drug-likeness (QED) is 0.585. The Hall–Kier alpha value is -0.510. The first-order chi connectivity index (χ1) is 7.31. The standard InChI is InChI=1S/C11H16ClNO2.ClH/c1-3-9(8-12)11(14-2)15-10-4-6-13-7-5-10;/h4-7,9,11H,3,8H2,1-2H3;1H. The van der Waals surface area contributed by atoms with Crippen molar-refractivity contribution in [2.75, 3.05) is 13.0 Å². The minimum absolute atomic E-state index is 0. The van der Waals surface area contributed by atoms with Crippen LogP contribution in [0.2, 0.25) is 0 Å². The summed E-state index contributed by atoms with van der Waals surface area (Å²) in [6.45, 7) is 2.06. The summed E-state index contributed by atoms with van der Waals surface area (Å²) < 4.78 is 10.9. The van der Waals surface area contributed by atoms with E-state index >= 15 is 0 Å². The van der Waals surface area contributed by atoms with Crippen LogP contribution in [0.25, 0.3) is 0 Å². The lowest BCUT2D eigenvalue weighted by Crippen LogP contribution is -2.29. The average Bonchev–Trinajstić information content (AvgIpc) is 2.30. The van der Waals surface area contributed by atoms with Crippen molar-refractivity contribution < 1.29 is 9.47 Å². The number of pyridine rings is 1. The first-order valence-corrected chi connectivity index (χ1v) is 5.50. The van der Waals surface area contributed by atoms with E-state index in [4.69, 9.17) is 21.1 Å². The average molecular weight is 266 g/mol. The van der Waals surface area contributed by atoms with E-state index in [1.807, 2.05) is 0 Å². The predicted molar refractivity (Wildman–Crippen MR) is 67.4 cm³/mol. The van der Waals surface area contributed by atoms with E-state index in [1.165, 1.54) is 0 Å². The number of hydrogen-bond donors (Lipinski definition) is 0. The molecule has 5 heteroatoms. The van der Waals surface area contributed by atoms with Gasteiger partial charge in [-0.2, -0.15) is 0 Å². The lowest BCUT2D eigenvalue weighted by atomic mass is 10.1. The normalized spacial score (nSPS) is 13.7. The van der Waals surface area contributed by atoms with Crippen molar-refractivity contribution in [1.82, 2.24) is 4.98 Å². The third kappa shape index (κ3) is 4.56. The minimum Gasteiger partial charge on any atom is -0.465 e. The zero-order valence-electron chi connectivity index (χ0n) is 9.43. The van der Waals surface area contributed by atoms with Gasteiger partial charge in [0, 0.05) is 31.3 Å². The molecule has 2 unspecified atom stereocenters. The van der Waals surface area contributed by atoms with Gasteiger partial charge in [0.25, 0.3) is 0 Å². The molecule has 0 aliphatic rings. The smallest absolute Gasteiger partial charge is 0.203 e. The van der Waals surface area contributed by atoms with Crippen molar-refractivity contribution >= 4 is 24.0 Å². The molecule has 0 aromatic carbocycles. The van der Waals surface area contributed by atoms with Gasteiger partial charge in [-0.25, -0.2) is 0 Å². The fourth-order valence-corrected chi connectivity index (χ4v) is 1.63. The molecule has 3 nitrogen and oxygen atoms in total. The maximum Gasteiger partial charge on any atom is 0.203 e. The molecule has 92 valence electrons. The molecular weight excluding hydrogens is 249 g/mol. The molecule has 0 radical (unpaired) electrons. The molecule has 1 heterocycles.